The minimum absolute atomic E-state index is 0.950. The second kappa shape index (κ2) is 6.77. The molecule has 3 heteroatoms. The van der Waals surface area contributed by atoms with E-state index in [9.17, 15) is 0 Å². The lowest BCUT2D eigenvalue weighted by Gasteiger charge is -2.21. The second-order valence-corrected chi connectivity index (χ2v) is 6.27. The van der Waals surface area contributed by atoms with Crippen LogP contribution in [0.25, 0.3) is 16.2 Å². The van der Waals surface area contributed by atoms with Gasteiger partial charge in [0.1, 0.15) is 0 Å². The van der Waals surface area contributed by atoms with E-state index in [1.54, 1.807) is 11.9 Å². The monoisotopic (exact) mass is 328 g/mol. The fourth-order valence-electron chi connectivity index (χ4n) is 2.68. The van der Waals surface area contributed by atoms with E-state index < -0.39 is 0 Å². The molecule has 0 fully saturated rings. The molecular formula is C21H16N2S. The first kappa shape index (κ1) is 14.8. The molecule has 2 heterocycles. The summed E-state index contributed by atoms with van der Waals surface area (Å²) in [7, 11) is 0. The smallest absolute Gasteiger partial charge is 0.0869 e. The van der Waals surface area contributed by atoms with Crippen molar-refractivity contribution in [3.63, 3.8) is 0 Å². The summed E-state index contributed by atoms with van der Waals surface area (Å²) in [5.74, 6) is 0. The van der Waals surface area contributed by atoms with Crippen molar-refractivity contribution in [2.45, 2.75) is 0 Å². The molecule has 0 spiro atoms. The fourth-order valence-corrected chi connectivity index (χ4v) is 3.60. The van der Waals surface area contributed by atoms with Crippen molar-refractivity contribution in [2.24, 2.45) is 0 Å². The fraction of sp³-hybridized carbons (Fsp3) is 0. The van der Waals surface area contributed by atoms with Crippen molar-refractivity contribution in [2.75, 3.05) is 0 Å². The van der Waals surface area contributed by atoms with Gasteiger partial charge in [0.05, 0.1) is 11.4 Å². The van der Waals surface area contributed by atoms with E-state index in [0.29, 0.717) is 0 Å². The zero-order valence-corrected chi connectivity index (χ0v) is 13.8. The molecular weight excluding hydrogens is 312 g/mol. The lowest BCUT2D eigenvalue weighted by atomic mass is 10.0. The molecule has 1 aromatic heterocycles. The molecule has 116 valence electrons. The van der Waals surface area contributed by atoms with Crippen molar-refractivity contribution in [3.05, 3.63) is 108 Å². The Kier molecular flexibility index (Phi) is 4.17. The third-order valence-electron chi connectivity index (χ3n) is 3.86. The van der Waals surface area contributed by atoms with Crippen LogP contribution in [0.1, 0.15) is 16.8 Å². The van der Waals surface area contributed by atoms with Gasteiger partial charge in [0, 0.05) is 11.1 Å². The van der Waals surface area contributed by atoms with Crippen LogP contribution >= 0.6 is 11.9 Å². The summed E-state index contributed by atoms with van der Waals surface area (Å²) < 4.78 is 3.44. The van der Waals surface area contributed by atoms with Gasteiger partial charge in [-0.25, -0.2) is 0 Å². The van der Waals surface area contributed by atoms with Crippen molar-refractivity contribution >= 4 is 28.1 Å². The van der Waals surface area contributed by atoms with Gasteiger partial charge < -0.3 is 4.72 Å². The number of pyridine rings is 1. The number of hydrogen-bond acceptors (Lipinski definition) is 3. The van der Waals surface area contributed by atoms with E-state index in [4.69, 9.17) is 0 Å². The molecule has 24 heavy (non-hydrogen) atoms. The quantitative estimate of drug-likeness (QED) is 0.665. The molecule has 4 rings (SSSR count). The molecule has 0 radical (unpaired) electrons. The average Bonchev–Trinajstić information content (AvgIpc) is 2.69. The second-order valence-electron chi connectivity index (χ2n) is 5.45. The van der Waals surface area contributed by atoms with Gasteiger partial charge in [-0.1, -0.05) is 66.7 Å². The molecule has 3 aromatic rings. The van der Waals surface area contributed by atoms with E-state index in [-0.39, 0.29) is 0 Å². The third kappa shape index (κ3) is 2.99. The first-order valence-electron chi connectivity index (χ1n) is 7.83. The van der Waals surface area contributed by atoms with Crippen LogP contribution in [0, 0.1) is 0 Å². The van der Waals surface area contributed by atoms with E-state index in [1.807, 2.05) is 36.5 Å². The Hall–Kier alpha value is -2.78. The van der Waals surface area contributed by atoms with Crippen LogP contribution in [-0.2, 0) is 0 Å². The van der Waals surface area contributed by atoms with Crippen LogP contribution in [0.5, 0.6) is 0 Å². The number of allylic oxidation sites excluding steroid dienone is 2. The summed E-state index contributed by atoms with van der Waals surface area (Å²) in [6.07, 6.45) is 4.01. The van der Waals surface area contributed by atoms with Crippen LogP contribution < -0.4 is 4.72 Å². The molecule has 0 bridgehead atoms. The Bertz CT molecular complexity index is 885. The van der Waals surface area contributed by atoms with E-state index in [0.717, 1.165) is 11.4 Å². The van der Waals surface area contributed by atoms with Crippen molar-refractivity contribution in [3.8, 4) is 0 Å². The van der Waals surface area contributed by atoms with Crippen molar-refractivity contribution < 1.29 is 0 Å². The molecule has 0 amide bonds. The molecule has 0 saturated heterocycles. The van der Waals surface area contributed by atoms with Gasteiger partial charge in [-0.15, -0.1) is 0 Å². The number of hydrogen-bond donors (Lipinski definition) is 1. The number of nitrogens with one attached hydrogen (secondary N) is 1. The lowest BCUT2D eigenvalue weighted by Crippen LogP contribution is -2.09. The van der Waals surface area contributed by atoms with Crippen molar-refractivity contribution in [1.29, 1.82) is 0 Å². The molecule has 0 atom stereocenters. The van der Waals surface area contributed by atoms with Crippen molar-refractivity contribution in [1.82, 2.24) is 9.71 Å². The predicted molar refractivity (Wildman–Crippen MR) is 103 cm³/mol. The van der Waals surface area contributed by atoms with E-state index in [1.165, 1.54) is 21.6 Å². The minimum Gasteiger partial charge on any atom is -0.324 e. The summed E-state index contributed by atoms with van der Waals surface area (Å²) in [5, 5.41) is 0. The first-order valence-corrected chi connectivity index (χ1v) is 8.64. The van der Waals surface area contributed by atoms with E-state index in [2.05, 4.69) is 64.3 Å². The van der Waals surface area contributed by atoms with Gasteiger partial charge in [-0.3, -0.25) is 4.98 Å². The van der Waals surface area contributed by atoms with Crippen LogP contribution in [0.2, 0.25) is 0 Å². The largest absolute Gasteiger partial charge is 0.324 e. The number of nitrogens with zero attached hydrogens (tertiary/aromatic N) is 1. The topological polar surface area (TPSA) is 24.9 Å². The maximum atomic E-state index is 4.46. The molecule has 1 N–H and O–H groups in total. The highest BCUT2D eigenvalue weighted by atomic mass is 32.2. The molecule has 0 aliphatic carbocycles. The summed E-state index contributed by atoms with van der Waals surface area (Å²) in [6, 6.07) is 26.9. The summed E-state index contributed by atoms with van der Waals surface area (Å²) >= 11 is 1.64. The van der Waals surface area contributed by atoms with Crippen LogP contribution in [-0.4, -0.2) is 4.98 Å². The maximum Gasteiger partial charge on any atom is 0.0869 e. The molecule has 2 aromatic carbocycles. The summed E-state index contributed by atoms with van der Waals surface area (Å²) in [4.78, 5) is 5.69. The molecule has 1 aliphatic heterocycles. The van der Waals surface area contributed by atoms with E-state index >= 15 is 0 Å². The predicted octanol–water partition coefficient (Wildman–Crippen LogP) is 5.24. The first-order chi connectivity index (χ1) is 11.9. The highest BCUT2D eigenvalue weighted by Gasteiger charge is 2.18. The SMILES string of the molecule is C1=C(c2ccccn2)NSC(c2ccccc2)=C1c1ccccc1. The Morgan fingerprint density at radius 3 is 2.04 bits per heavy atom. The zero-order valence-electron chi connectivity index (χ0n) is 13.0. The van der Waals surface area contributed by atoms with Gasteiger partial charge in [-0.05, 0) is 46.9 Å². The number of aromatic nitrogens is 1. The Morgan fingerprint density at radius 1 is 0.708 bits per heavy atom. The Labute approximate surface area is 146 Å². The van der Waals surface area contributed by atoms with Gasteiger partial charge in [0.2, 0.25) is 0 Å². The highest BCUT2D eigenvalue weighted by molar-refractivity contribution is 8.07. The highest BCUT2D eigenvalue weighted by Crippen LogP contribution is 2.40. The molecule has 0 saturated carbocycles. The summed E-state index contributed by atoms with van der Waals surface area (Å²) in [6.45, 7) is 0. The normalized spacial score (nSPS) is 14.1. The average molecular weight is 328 g/mol. The Balaban J connectivity index is 1.87. The van der Waals surface area contributed by atoms with Crippen LogP contribution in [0.4, 0.5) is 0 Å². The van der Waals surface area contributed by atoms with Crippen LogP contribution in [0.15, 0.2) is 91.1 Å². The van der Waals surface area contributed by atoms with Gasteiger partial charge in [0.25, 0.3) is 0 Å². The maximum absolute atomic E-state index is 4.46. The van der Waals surface area contributed by atoms with Gasteiger partial charge in [-0.2, -0.15) is 0 Å². The number of benzene rings is 2. The van der Waals surface area contributed by atoms with Gasteiger partial charge in [0.15, 0.2) is 0 Å². The summed E-state index contributed by atoms with van der Waals surface area (Å²) in [5.41, 5.74) is 5.61. The third-order valence-corrected chi connectivity index (χ3v) is 4.84. The van der Waals surface area contributed by atoms with Gasteiger partial charge >= 0.3 is 0 Å². The lowest BCUT2D eigenvalue weighted by molar-refractivity contribution is 1.23. The minimum atomic E-state index is 0.950. The Morgan fingerprint density at radius 2 is 1.38 bits per heavy atom. The number of rotatable bonds is 3. The molecule has 2 nitrogen and oxygen atoms in total. The molecule has 0 unspecified atom stereocenters. The molecule has 1 aliphatic rings. The zero-order chi connectivity index (χ0) is 16.2. The van der Waals surface area contributed by atoms with Crippen LogP contribution in [0.3, 0.4) is 0 Å². The standard InChI is InChI=1S/C21H16N2S/c1-3-9-16(10-4-1)18-15-20(19-13-7-8-14-22-19)23-24-21(18)17-11-5-2-6-12-17/h1-15,23H.